The van der Waals surface area contributed by atoms with Crippen LogP contribution in [0.1, 0.15) is 59.8 Å². The Morgan fingerprint density at radius 2 is 2.00 bits per heavy atom. The third-order valence-corrected chi connectivity index (χ3v) is 3.99. The lowest BCUT2D eigenvalue weighted by Crippen LogP contribution is -2.54. The number of nitrogens with zero attached hydrogens (tertiary/aromatic N) is 1. The number of likely N-dealkylation sites (N-methyl/N-ethyl adjacent to an activating group) is 1. The van der Waals surface area contributed by atoms with Gasteiger partial charge in [0.2, 0.25) is 5.91 Å². The van der Waals surface area contributed by atoms with E-state index in [1.54, 1.807) is 0 Å². The third-order valence-electron chi connectivity index (χ3n) is 3.99. The van der Waals surface area contributed by atoms with Crippen LogP contribution in [0.2, 0.25) is 0 Å². The quantitative estimate of drug-likeness (QED) is 0.818. The average molecular weight is 254 g/mol. The van der Waals surface area contributed by atoms with Crippen LogP contribution < -0.4 is 5.32 Å². The van der Waals surface area contributed by atoms with Crippen molar-refractivity contribution in [2.24, 2.45) is 5.92 Å². The molecule has 1 fully saturated rings. The van der Waals surface area contributed by atoms with Crippen LogP contribution >= 0.6 is 0 Å². The Hall–Kier alpha value is -0.570. The summed E-state index contributed by atoms with van der Waals surface area (Å²) < 4.78 is 0. The molecule has 1 N–H and O–H groups in total. The standard InChI is InChI=1S/C15H30N2O/c1-5-8-13-9-7-11-17(12-10-13)14(18)15(3,4)16-6-2/h13,16H,5-12H2,1-4H3. The second-order valence-corrected chi connectivity index (χ2v) is 6.03. The number of likely N-dealkylation sites (tertiary alicyclic amines) is 1. The van der Waals surface area contributed by atoms with E-state index in [-0.39, 0.29) is 5.91 Å². The Bertz CT molecular complexity index is 263. The van der Waals surface area contributed by atoms with Crippen molar-refractivity contribution in [2.45, 2.75) is 65.3 Å². The van der Waals surface area contributed by atoms with E-state index in [1.165, 1.54) is 32.1 Å². The summed E-state index contributed by atoms with van der Waals surface area (Å²) in [6.45, 7) is 11.0. The molecule has 106 valence electrons. The van der Waals surface area contributed by atoms with Gasteiger partial charge in [-0.25, -0.2) is 0 Å². The summed E-state index contributed by atoms with van der Waals surface area (Å²) in [6.07, 6.45) is 6.22. The van der Waals surface area contributed by atoms with E-state index in [1.807, 2.05) is 13.8 Å². The number of rotatable bonds is 5. The van der Waals surface area contributed by atoms with Crippen LogP contribution in [0.25, 0.3) is 0 Å². The molecule has 3 nitrogen and oxygen atoms in total. The van der Waals surface area contributed by atoms with Crippen LogP contribution in [0.4, 0.5) is 0 Å². The van der Waals surface area contributed by atoms with Gasteiger partial charge in [-0.05, 0) is 45.6 Å². The monoisotopic (exact) mass is 254 g/mol. The Morgan fingerprint density at radius 1 is 1.28 bits per heavy atom. The van der Waals surface area contributed by atoms with Gasteiger partial charge in [0.25, 0.3) is 0 Å². The van der Waals surface area contributed by atoms with E-state index in [9.17, 15) is 4.79 Å². The SMILES string of the molecule is CCCC1CCCN(C(=O)C(C)(C)NCC)CC1. The Kier molecular flexibility index (Phi) is 6.13. The zero-order valence-corrected chi connectivity index (χ0v) is 12.6. The summed E-state index contributed by atoms with van der Waals surface area (Å²) >= 11 is 0. The number of amides is 1. The molecule has 0 bridgehead atoms. The fourth-order valence-electron chi connectivity index (χ4n) is 2.98. The first-order valence-corrected chi connectivity index (χ1v) is 7.55. The van der Waals surface area contributed by atoms with Crippen molar-refractivity contribution in [1.29, 1.82) is 0 Å². The topological polar surface area (TPSA) is 32.3 Å². The van der Waals surface area contributed by atoms with Crippen molar-refractivity contribution in [1.82, 2.24) is 10.2 Å². The molecule has 0 spiro atoms. The highest BCUT2D eigenvalue weighted by molar-refractivity contribution is 5.85. The van der Waals surface area contributed by atoms with Crippen molar-refractivity contribution < 1.29 is 4.79 Å². The fourth-order valence-corrected chi connectivity index (χ4v) is 2.98. The molecule has 0 saturated carbocycles. The summed E-state index contributed by atoms with van der Waals surface area (Å²) in [5, 5.41) is 3.28. The second kappa shape index (κ2) is 7.13. The van der Waals surface area contributed by atoms with Crippen LogP contribution in [0.5, 0.6) is 0 Å². The van der Waals surface area contributed by atoms with Crippen molar-refractivity contribution in [3.63, 3.8) is 0 Å². The highest BCUT2D eigenvalue weighted by atomic mass is 16.2. The van der Waals surface area contributed by atoms with E-state index in [4.69, 9.17) is 0 Å². The first-order valence-electron chi connectivity index (χ1n) is 7.55. The molecule has 0 aliphatic carbocycles. The number of carbonyl (C=O) groups excluding carboxylic acids is 1. The van der Waals surface area contributed by atoms with Gasteiger partial charge in [-0.3, -0.25) is 4.79 Å². The summed E-state index contributed by atoms with van der Waals surface area (Å²) in [6, 6.07) is 0. The van der Waals surface area contributed by atoms with Gasteiger partial charge in [0, 0.05) is 13.1 Å². The maximum atomic E-state index is 12.5. The molecule has 18 heavy (non-hydrogen) atoms. The molecule has 1 atom stereocenters. The molecule has 1 rings (SSSR count). The van der Waals surface area contributed by atoms with Gasteiger partial charge in [-0.15, -0.1) is 0 Å². The molecule has 0 aromatic heterocycles. The number of hydrogen-bond acceptors (Lipinski definition) is 2. The molecule has 0 aromatic rings. The van der Waals surface area contributed by atoms with Gasteiger partial charge in [0.1, 0.15) is 0 Å². The molecule has 1 saturated heterocycles. The minimum Gasteiger partial charge on any atom is -0.341 e. The summed E-state index contributed by atoms with van der Waals surface area (Å²) in [5.74, 6) is 1.09. The zero-order valence-electron chi connectivity index (χ0n) is 12.6. The van der Waals surface area contributed by atoms with Crippen molar-refractivity contribution >= 4 is 5.91 Å². The van der Waals surface area contributed by atoms with E-state index in [2.05, 4.69) is 24.1 Å². The molecular formula is C15H30N2O. The molecule has 1 amide bonds. The first-order chi connectivity index (χ1) is 8.51. The predicted octanol–water partition coefficient (Wildman–Crippen LogP) is 2.80. The van der Waals surface area contributed by atoms with Crippen LogP contribution in [-0.4, -0.2) is 36.0 Å². The molecule has 1 aliphatic rings. The normalized spacial score (nSPS) is 21.8. The Balaban J connectivity index is 2.54. The molecule has 3 heteroatoms. The van der Waals surface area contributed by atoms with Gasteiger partial charge < -0.3 is 10.2 Å². The minimum absolute atomic E-state index is 0.265. The largest absolute Gasteiger partial charge is 0.341 e. The number of hydrogen-bond donors (Lipinski definition) is 1. The summed E-state index contributed by atoms with van der Waals surface area (Å²) in [7, 11) is 0. The van der Waals surface area contributed by atoms with E-state index in [0.717, 1.165) is 25.6 Å². The van der Waals surface area contributed by atoms with Crippen LogP contribution in [0.3, 0.4) is 0 Å². The lowest BCUT2D eigenvalue weighted by Gasteiger charge is -2.32. The smallest absolute Gasteiger partial charge is 0.242 e. The lowest BCUT2D eigenvalue weighted by atomic mass is 9.96. The zero-order chi connectivity index (χ0) is 13.6. The van der Waals surface area contributed by atoms with Gasteiger partial charge in [-0.1, -0.05) is 26.7 Å². The van der Waals surface area contributed by atoms with E-state index >= 15 is 0 Å². The second-order valence-electron chi connectivity index (χ2n) is 6.03. The van der Waals surface area contributed by atoms with Gasteiger partial charge in [0.15, 0.2) is 0 Å². The Morgan fingerprint density at radius 3 is 2.61 bits per heavy atom. The van der Waals surface area contributed by atoms with Crippen molar-refractivity contribution in [2.75, 3.05) is 19.6 Å². The van der Waals surface area contributed by atoms with Crippen molar-refractivity contribution in [3.8, 4) is 0 Å². The predicted molar refractivity (Wildman–Crippen MR) is 76.6 cm³/mol. The Labute approximate surface area is 112 Å². The number of carbonyl (C=O) groups is 1. The molecule has 1 aliphatic heterocycles. The number of nitrogens with one attached hydrogen (secondary N) is 1. The third kappa shape index (κ3) is 4.27. The average Bonchev–Trinajstić information content (AvgIpc) is 2.54. The summed E-state index contributed by atoms with van der Waals surface area (Å²) in [4.78, 5) is 14.6. The maximum absolute atomic E-state index is 12.5. The summed E-state index contributed by atoms with van der Waals surface area (Å²) in [5.41, 5.74) is -0.417. The van der Waals surface area contributed by atoms with Crippen molar-refractivity contribution in [3.05, 3.63) is 0 Å². The molecular weight excluding hydrogens is 224 g/mol. The van der Waals surface area contributed by atoms with Crippen LogP contribution in [-0.2, 0) is 4.79 Å². The van der Waals surface area contributed by atoms with Crippen LogP contribution in [0.15, 0.2) is 0 Å². The maximum Gasteiger partial charge on any atom is 0.242 e. The highest BCUT2D eigenvalue weighted by Gasteiger charge is 2.31. The molecule has 1 unspecified atom stereocenters. The fraction of sp³-hybridized carbons (Fsp3) is 0.933. The minimum atomic E-state index is -0.417. The van der Waals surface area contributed by atoms with Gasteiger partial charge in [-0.2, -0.15) is 0 Å². The molecule has 1 heterocycles. The van der Waals surface area contributed by atoms with Gasteiger partial charge >= 0.3 is 0 Å². The molecule has 0 radical (unpaired) electrons. The molecule has 0 aromatic carbocycles. The first kappa shape index (κ1) is 15.5. The van der Waals surface area contributed by atoms with E-state index < -0.39 is 5.54 Å². The van der Waals surface area contributed by atoms with E-state index in [0.29, 0.717) is 0 Å². The highest BCUT2D eigenvalue weighted by Crippen LogP contribution is 2.23. The van der Waals surface area contributed by atoms with Gasteiger partial charge in [0.05, 0.1) is 5.54 Å². The van der Waals surface area contributed by atoms with Crippen LogP contribution in [0, 0.1) is 5.92 Å². The lowest BCUT2D eigenvalue weighted by molar-refractivity contribution is -0.137.